The summed E-state index contributed by atoms with van der Waals surface area (Å²) in [5.41, 5.74) is 2.03. The van der Waals surface area contributed by atoms with Crippen molar-refractivity contribution in [2.75, 3.05) is 24.3 Å². The number of aromatic nitrogens is 1. The highest BCUT2D eigenvalue weighted by Crippen LogP contribution is 2.34. The van der Waals surface area contributed by atoms with Crippen molar-refractivity contribution >= 4 is 34.3 Å². The van der Waals surface area contributed by atoms with Crippen LogP contribution in [0.2, 0.25) is 5.02 Å². The lowest BCUT2D eigenvalue weighted by molar-refractivity contribution is 0.868. The summed E-state index contributed by atoms with van der Waals surface area (Å²) in [5, 5.41) is 7.26. The molecule has 5 heteroatoms. The van der Waals surface area contributed by atoms with E-state index in [1.54, 1.807) is 11.3 Å². The van der Waals surface area contributed by atoms with Crippen LogP contribution >= 0.6 is 22.9 Å². The lowest BCUT2D eigenvalue weighted by Gasteiger charge is -2.22. The molecule has 0 radical (unpaired) electrons. The number of nitrogens with one attached hydrogen (secondary N) is 1. The average molecular weight is 282 g/mol. The van der Waals surface area contributed by atoms with E-state index in [0.29, 0.717) is 0 Å². The summed E-state index contributed by atoms with van der Waals surface area (Å²) in [5.74, 6) is 0. The van der Waals surface area contributed by atoms with Crippen LogP contribution in [0.1, 0.15) is 18.0 Å². The Hall–Kier alpha value is -1.26. The van der Waals surface area contributed by atoms with Gasteiger partial charge in [-0.3, -0.25) is 0 Å². The Morgan fingerprint density at radius 1 is 1.39 bits per heavy atom. The quantitative estimate of drug-likeness (QED) is 0.917. The van der Waals surface area contributed by atoms with Gasteiger partial charge in [0, 0.05) is 25.7 Å². The third-order valence-corrected chi connectivity index (χ3v) is 3.89. The average Bonchev–Trinajstić information content (AvgIpc) is 2.81. The van der Waals surface area contributed by atoms with Gasteiger partial charge in [0.05, 0.1) is 22.4 Å². The van der Waals surface area contributed by atoms with Gasteiger partial charge in [0.2, 0.25) is 0 Å². The zero-order valence-electron chi connectivity index (χ0n) is 10.6. The molecule has 0 saturated carbocycles. The molecule has 0 fully saturated rings. The molecule has 0 spiro atoms. The van der Waals surface area contributed by atoms with Crippen molar-refractivity contribution in [1.82, 2.24) is 4.98 Å². The van der Waals surface area contributed by atoms with Crippen LogP contribution in [0.4, 0.5) is 11.4 Å². The minimum Gasteiger partial charge on any atom is -0.375 e. The molecule has 1 aromatic heterocycles. The molecule has 1 N–H and O–H groups in total. The van der Waals surface area contributed by atoms with Crippen LogP contribution in [0.25, 0.3) is 0 Å². The molecule has 0 aliphatic heterocycles. The smallest absolute Gasteiger partial charge is 0.115 e. The van der Waals surface area contributed by atoms with E-state index in [-0.39, 0.29) is 6.04 Å². The van der Waals surface area contributed by atoms with Gasteiger partial charge in [-0.05, 0) is 19.1 Å². The number of thiazole rings is 1. The van der Waals surface area contributed by atoms with Crippen molar-refractivity contribution in [3.63, 3.8) is 0 Å². The van der Waals surface area contributed by atoms with Crippen molar-refractivity contribution in [3.8, 4) is 0 Å². The topological polar surface area (TPSA) is 28.2 Å². The van der Waals surface area contributed by atoms with Crippen LogP contribution in [0, 0.1) is 0 Å². The van der Waals surface area contributed by atoms with Crippen molar-refractivity contribution in [2.45, 2.75) is 13.0 Å². The molecule has 0 bridgehead atoms. The fourth-order valence-electron chi connectivity index (χ4n) is 1.83. The summed E-state index contributed by atoms with van der Waals surface area (Å²) in [6, 6.07) is 6.05. The molecule has 0 saturated heterocycles. The molecule has 1 unspecified atom stereocenters. The molecule has 3 nitrogen and oxygen atoms in total. The first-order valence-corrected chi connectivity index (χ1v) is 6.97. The van der Waals surface area contributed by atoms with E-state index < -0.39 is 0 Å². The molecule has 0 amide bonds. The standard InChI is InChI=1S/C13H16ClN3S/c1-9(13-15-7-8-18-13)16-11-6-4-5-10(14)12(11)17(2)3/h4-9,16H,1-3H3. The van der Waals surface area contributed by atoms with E-state index in [2.05, 4.69) is 17.2 Å². The number of anilines is 2. The summed E-state index contributed by atoms with van der Waals surface area (Å²) >= 11 is 7.89. The Bertz CT molecular complexity index is 511. The Morgan fingerprint density at radius 2 is 2.17 bits per heavy atom. The maximum absolute atomic E-state index is 6.24. The molecule has 2 aromatic rings. The van der Waals surface area contributed by atoms with Crippen LogP contribution in [-0.2, 0) is 0 Å². The number of para-hydroxylation sites is 1. The summed E-state index contributed by atoms with van der Waals surface area (Å²) < 4.78 is 0. The molecule has 1 aromatic carbocycles. The highest BCUT2D eigenvalue weighted by Gasteiger charge is 2.13. The normalized spacial score (nSPS) is 12.2. The van der Waals surface area contributed by atoms with Gasteiger partial charge in [-0.25, -0.2) is 4.98 Å². The molecule has 0 aliphatic carbocycles. The summed E-state index contributed by atoms with van der Waals surface area (Å²) in [7, 11) is 3.97. The van der Waals surface area contributed by atoms with Crippen molar-refractivity contribution in [3.05, 3.63) is 39.8 Å². The Labute approximate surface area is 116 Å². The molecule has 0 aliphatic rings. The molecule has 1 atom stereocenters. The van der Waals surface area contributed by atoms with Crippen molar-refractivity contribution in [1.29, 1.82) is 0 Å². The molecule has 2 rings (SSSR count). The number of hydrogen-bond donors (Lipinski definition) is 1. The third kappa shape index (κ3) is 2.76. The minimum atomic E-state index is 0.169. The Morgan fingerprint density at radius 3 is 2.78 bits per heavy atom. The minimum absolute atomic E-state index is 0.169. The van der Waals surface area contributed by atoms with Crippen molar-refractivity contribution in [2.24, 2.45) is 0 Å². The fourth-order valence-corrected chi connectivity index (χ4v) is 2.82. The van der Waals surface area contributed by atoms with E-state index in [1.807, 2.05) is 48.8 Å². The van der Waals surface area contributed by atoms with E-state index in [1.165, 1.54) is 0 Å². The first kappa shape index (κ1) is 13.2. The number of halogens is 1. The predicted molar refractivity (Wildman–Crippen MR) is 79.9 cm³/mol. The van der Waals surface area contributed by atoms with E-state index >= 15 is 0 Å². The first-order chi connectivity index (χ1) is 8.59. The zero-order valence-corrected chi connectivity index (χ0v) is 12.2. The van der Waals surface area contributed by atoms with Gasteiger partial charge in [0.15, 0.2) is 0 Å². The second-order valence-corrected chi connectivity index (χ2v) is 5.60. The Balaban J connectivity index is 2.26. The zero-order chi connectivity index (χ0) is 13.1. The molecule has 96 valence electrons. The largest absolute Gasteiger partial charge is 0.375 e. The number of hydrogen-bond acceptors (Lipinski definition) is 4. The van der Waals surface area contributed by atoms with Gasteiger partial charge in [-0.1, -0.05) is 17.7 Å². The van der Waals surface area contributed by atoms with Gasteiger partial charge >= 0.3 is 0 Å². The van der Waals surface area contributed by atoms with E-state index in [0.717, 1.165) is 21.4 Å². The van der Waals surface area contributed by atoms with Crippen LogP contribution in [0.15, 0.2) is 29.8 Å². The Kier molecular flexibility index (Phi) is 4.09. The fraction of sp³-hybridized carbons (Fsp3) is 0.308. The number of nitrogens with zero attached hydrogens (tertiary/aromatic N) is 2. The summed E-state index contributed by atoms with van der Waals surface area (Å²) in [6.07, 6.45) is 1.82. The van der Waals surface area contributed by atoms with Crippen LogP contribution in [-0.4, -0.2) is 19.1 Å². The van der Waals surface area contributed by atoms with E-state index in [9.17, 15) is 0 Å². The van der Waals surface area contributed by atoms with Gasteiger partial charge < -0.3 is 10.2 Å². The number of benzene rings is 1. The van der Waals surface area contributed by atoms with E-state index in [4.69, 9.17) is 11.6 Å². The summed E-state index contributed by atoms with van der Waals surface area (Å²) in [6.45, 7) is 2.10. The third-order valence-electron chi connectivity index (χ3n) is 2.63. The lowest BCUT2D eigenvalue weighted by atomic mass is 10.2. The van der Waals surface area contributed by atoms with Crippen LogP contribution < -0.4 is 10.2 Å². The molecule has 1 heterocycles. The predicted octanol–water partition coefficient (Wildman–Crippen LogP) is 4.04. The highest BCUT2D eigenvalue weighted by atomic mass is 35.5. The maximum Gasteiger partial charge on any atom is 0.115 e. The molecular weight excluding hydrogens is 266 g/mol. The lowest BCUT2D eigenvalue weighted by Crippen LogP contribution is -2.14. The van der Waals surface area contributed by atoms with Crippen LogP contribution in [0.5, 0.6) is 0 Å². The van der Waals surface area contributed by atoms with Gasteiger partial charge in [-0.15, -0.1) is 11.3 Å². The maximum atomic E-state index is 6.24. The van der Waals surface area contributed by atoms with Gasteiger partial charge in [0.1, 0.15) is 5.01 Å². The molecular formula is C13H16ClN3S. The van der Waals surface area contributed by atoms with Gasteiger partial charge in [0.25, 0.3) is 0 Å². The highest BCUT2D eigenvalue weighted by molar-refractivity contribution is 7.09. The van der Waals surface area contributed by atoms with Crippen LogP contribution in [0.3, 0.4) is 0 Å². The second-order valence-electron chi connectivity index (χ2n) is 4.27. The molecule has 18 heavy (non-hydrogen) atoms. The number of rotatable bonds is 4. The monoisotopic (exact) mass is 281 g/mol. The summed E-state index contributed by atoms with van der Waals surface area (Å²) in [4.78, 5) is 6.33. The van der Waals surface area contributed by atoms with Gasteiger partial charge in [-0.2, -0.15) is 0 Å². The first-order valence-electron chi connectivity index (χ1n) is 5.71. The van der Waals surface area contributed by atoms with Crippen molar-refractivity contribution < 1.29 is 0 Å². The SMILES string of the molecule is CC(Nc1cccc(Cl)c1N(C)C)c1nccs1. The second kappa shape index (κ2) is 5.59.